The first kappa shape index (κ1) is 9.20. The summed E-state index contributed by atoms with van der Waals surface area (Å²) in [6.45, 7) is 0. The lowest BCUT2D eigenvalue weighted by atomic mass is 10.4. The van der Waals surface area contributed by atoms with Crippen molar-refractivity contribution in [1.82, 2.24) is 0 Å². The monoisotopic (exact) mass is 208 g/mol. The van der Waals surface area contributed by atoms with Gasteiger partial charge in [-0.25, -0.2) is 0 Å². The molecule has 1 aromatic rings. The van der Waals surface area contributed by atoms with Crippen LogP contribution in [0.2, 0.25) is 10.0 Å². The second kappa shape index (κ2) is 4.21. The summed E-state index contributed by atoms with van der Waals surface area (Å²) in [5, 5.41) is 1.11. The molecule has 60 valence electrons. The van der Waals surface area contributed by atoms with E-state index in [0.29, 0.717) is 10.0 Å². The standard InChI is InChI=1S/C7H6Cl2OS/c1-10-11-5-2-3-6(8)7(9)4-5/h2-4H,1H3. The van der Waals surface area contributed by atoms with Gasteiger partial charge >= 0.3 is 0 Å². The smallest absolute Gasteiger partial charge is 0.0604 e. The highest BCUT2D eigenvalue weighted by Crippen LogP contribution is 2.27. The summed E-state index contributed by atoms with van der Waals surface area (Å²) in [5.74, 6) is 0. The number of rotatable bonds is 2. The fourth-order valence-corrected chi connectivity index (χ4v) is 1.47. The highest BCUT2D eigenvalue weighted by Gasteiger charge is 1.98. The Labute approximate surface area is 79.8 Å². The maximum Gasteiger partial charge on any atom is 0.0604 e. The van der Waals surface area contributed by atoms with Gasteiger partial charge in [-0.2, -0.15) is 0 Å². The van der Waals surface area contributed by atoms with Gasteiger partial charge in [0.15, 0.2) is 0 Å². The van der Waals surface area contributed by atoms with Gasteiger partial charge in [0.25, 0.3) is 0 Å². The molecule has 0 aliphatic carbocycles. The molecule has 0 saturated carbocycles. The maximum absolute atomic E-state index is 5.75. The van der Waals surface area contributed by atoms with Crippen LogP contribution in [-0.2, 0) is 4.18 Å². The molecule has 0 aliphatic heterocycles. The van der Waals surface area contributed by atoms with Crippen LogP contribution in [0, 0.1) is 0 Å². The van der Waals surface area contributed by atoms with E-state index in [0.717, 1.165) is 4.90 Å². The third-order valence-corrected chi connectivity index (χ3v) is 2.42. The molecule has 0 bridgehead atoms. The van der Waals surface area contributed by atoms with E-state index in [1.807, 2.05) is 6.07 Å². The molecule has 1 rings (SSSR count). The van der Waals surface area contributed by atoms with Gasteiger partial charge in [-0.15, -0.1) is 0 Å². The van der Waals surface area contributed by atoms with Crippen molar-refractivity contribution in [1.29, 1.82) is 0 Å². The van der Waals surface area contributed by atoms with Gasteiger partial charge in [-0.1, -0.05) is 23.2 Å². The SMILES string of the molecule is COSc1ccc(Cl)c(Cl)c1. The van der Waals surface area contributed by atoms with Crippen LogP contribution in [0.3, 0.4) is 0 Å². The Hall–Kier alpha value is 0.110. The first-order chi connectivity index (χ1) is 5.24. The molecule has 0 heterocycles. The lowest BCUT2D eigenvalue weighted by molar-refractivity contribution is 0.490. The van der Waals surface area contributed by atoms with Crippen molar-refractivity contribution < 1.29 is 4.18 Å². The number of benzene rings is 1. The molecule has 11 heavy (non-hydrogen) atoms. The lowest BCUT2D eigenvalue weighted by Crippen LogP contribution is -1.73. The van der Waals surface area contributed by atoms with E-state index in [4.69, 9.17) is 27.4 Å². The molecular formula is C7H6Cl2OS. The number of halogens is 2. The van der Waals surface area contributed by atoms with E-state index in [9.17, 15) is 0 Å². The zero-order valence-corrected chi connectivity index (χ0v) is 8.13. The fourth-order valence-electron chi connectivity index (χ4n) is 0.625. The van der Waals surface area contributed by atoms with E-state index < -0.39 is 0 Å². The average Bonchev–Trinajstić information content (AvgIpc) is 1.98. The van der Waals surface area contributed by atoms with Crippen LogP contribution in [0.4, 0.5) is 0 Å². The van der Waals surface area contributed by atoms with Gasteiger partial charge in [0.2, 0.25) is 0 Å². The van der Waals surface area contributed by atoms with Crippen molar-refractivity contribution in [3.63, 3.8) is 0 Å². The zero-order valence-electron chi connectivity index (χ0n) is 5.80. The molecule has 0 aromatic heterocycles. The summed E-state index contributed by atoms with van der Waals surface area (Å²) in [6, 6.07) is 5.35. The van der Waals surface area contributed by atoms with Crippen molar-refractivity contribution in [3.05, 3.63) is 28.2 Å². The van der Waals surface area contributed by atoms with E-state index in [2.05, 4.69) is 0 Å². The van der Waals surface area contributed by atoms with Crippen molar-refractivity contribution in [2.24, 2.45) is 0 Å². The van der Waals surface area contributed by atoms with E-state index in [1.165, 1.54) is 12.0 Å². The zero-order chi connectivity index (χ0) is 8.27. The Balaban J connectivity index is 2.86. The van der Waals surface area contributed by atoms with Crippen LogP contribution in [0.5, 0.6) is 0 Å². The Morgan fingerprint density at radius 3 is 2.55 bits per heavy atom. The molecule has 0 spiro atoms. The minimum atomic E-state index is 0.550. The molecule has 0 atom stereocenters. The van der Waals surface area contributed by atoms with Gasteiger partial charge < -0.3 is 4.18 Å². The van der Waals surface area contributed by atoms with E-state index in [1.54, 1.807) is 19.2 Å². The second-order valence-electron chi connectivity index (χ2n) is 1.83. The van der Waals surface area contributed by atoms with Crippen LogP contribution in [0.25, 0.3) is 0 Å². The van der Waals surface area contributed by atoms with Gasteiger partial charge in [-0.3, -0.25) is 0 Å². The van der Waals surface area contributed by atoms with Crippen molar-refractivity contribution >= 4 is 35.2 Å². The van der Waals surface area contributed by atoms with Crippen LogP contribution < -0.4 is 0 Å². The normalized spacial score (nSPS) is 10.1. The molecule has 4 heteroatoms. The Morgan fingerprint density at radius 1 is 1.27 bits per heavy atom. The maximum atomic E-state index is 5.75. The fraction of sp³-hybridized carbons (Fsp3) is 0.143. The van der Waals surface area contributed by atoms with Gasteiger partial charge in [0.1, 0.15) is 0 Å². The number of hydrogen-bond acceptors (Lipinski definition) is 2. The molecule has 0 amide bonds. The summed E-state index contributed by atoms with van der Waals surface area (Å²) in [7, 11) is 1.60. The van der Waals surface area contributed by atoms with Gasteiger partial charge in [-0.05, 0) is 18.2 Å². The van der Waals surface area contributed by atoms with Crippen LogP contribution >= 0.6 is 35.2 Å². The molecule has 1 aromatic carbocycles. The first-order valence-corrected chi connectivity index (χ1v) is 4.39. The molecule has 0 fully saturated rings. The second-order valence-corrected chi connectivity index (χ2v) is 3.61. The summed E-state index contributed by atoms with van der Waals surface area (Å²) >= 11 is 12.7. The molecule has 0 aliphatic rings. The largest absolute Gasteiger partial charge is 0.314 e. The molecule has 0 saturated heterocycles. The highest BCUT2D eigenvalue weighted by molar-refractivity contribution is 7.94. The molecular weight excluding hydrogens is 203 g/mol. The average molecular weight is 209 g/mol. The van der Waals surface area contributed by atoms with E-state index in [-0.39, 0.29) is 0 Å². The summed E-state index contributed by atoms with van der Waals surface area (Å²) < 4.78 is 4.84. The first-order valence-electron chi connectivity index (χ1n) is 2.90. The van der Waals surface area contributed by atoms with Crippen molar-refractivity contribution in [3.8, 4) is 0 Å². The molecule has 1 nitrogen and oxygen atoms in total. The molecule has 0 radical (unpaired) electrons. The van der Waals surface area contributed by atoms with Crippen LogP contribution in [0.15, 0.2) is 23.1 Å². The van der Waals surface area contributed by atoms with Crippen molar-refractivity contribution in [2.75, 3.05) is 7.11 Å². The summed E-state index contributed by atoms with van der Waals surface area (Å²) in [5.41, 5.74) is 0. The third-order valence-electron chi connectivity index (χ3n) is 1.07. The predicted octanol–water partition coefficient (Wildman–Crippen LogP) is 3.65. The quantitative estimate of drug-likeness (QED) is 0.687. The van der Waals surface area contributed by atoms with Gasteiger partial charge in [0, 0.05) is 16.9 Å². The summed E-state index contributed by atoms with van der Waals surface area (Å²) in [4.78, 5) is 0.946. The minimum absolute atomic E-state index is 0.550. The van der Waals surface area contributed by atoms with Crippen LogP contribution in [-0.4, -0.2) is 7.11 Å². The van der Waals surface area contributed by atoms with E-state index >= 15 is 0 Å². The predicted molar refractivity (Wildman–Crippen MR) is 49.3 cm³/mol. The topological polar surface area (TPSA) is 9.23 Å². The summed E-state index contributed by atoms with van der Waals surface area (Å²) in [6.07, 6.45) is 0. The lowest BCUT2D eigenvalue weighted by Gasteiger charge is -1.99. The highest BCUT2D eigenvalue weighted by atomic mass is 35.5. The molecule has 0 N–H and O–H groups in total. The van der Waals surface area contributed by atoms with Crippen molar-refractivity contribution in [2.45, 2.75) is 4.90 Å². The molecule has 0 unspecified atom stereocenters. The van der Waals surface area contributed by atoms with Crippen LogP contribution in [0.1, 0.15) is 0 Å². The Bertz CT molecular complexity index is 252. The number of hydrogen-bond donors (Lipinski definition) is 0. The Kier molecular flexibility index (Phi) is 3.52. The minimum Gasteiger partial charge on any atom is -0.314 e. The Morgan fingerprint density at radius 2 is 2.00 bits per heavy atom. The third kappa shape index (κ3) is 2.56. The van der Waals surface area contributed by atoms with Gasteiger partial charge in [0.05, 0.1) is 17.2 Å².